The van der Waals surface area contributed by atoms with E-state index in [0.717, 1.165) is 16.5 Å². The van der Waals surface area contributed by atoms with Gasteiger partial charge in [-0.05, 0) is 54.0 Å². The molecule has 3 rings (SSSR count). The van der Waals surface area contributed by atoms with E-state index in [2.05, 4.69) is 20.9 Å². The number of aliphatic carboxylic acids is 1. The summed E-state index contributed by atoms with van der Waals surface area (Å²) in [6.45, 7) is 7.11. The molecule has 0 fully saturated rings. The number of phenols is 1. The Labute approximate surface area is 245 Å². The smallest absolute Gasteiger partial charge is 0.326 e. The molecule has 0 radical (unpaired) electrons. The zero-order chi connectivity index (χ0) is 31.0. The van der Waals surface area contributed by atoms with Gasteiger partial charge in [0.25, 0.3) is 0 Å². The molecular formula is C31H41N5O6. The third kappa shape index (κ3) is 8.81. The van der Waals surface area contributed by atoms with E-state index in [4.69, 9.17) is 5.73 Å². The number of para-hydroxylation sites is 1. The molecule has 226 valence electrons. The van der Waals surface area contributed by atoms with Crippen LogP contribution in [0.3, 0.4) is 0 Å². The van der Waals surface area contributed by atoms with E-state index in [1.54, 1.807) is 32.2 Å². The van der Waals surface area contributed by atoms with Gasteiger partial charge in [-0.3, -0.25) is 14.4 Å². The fraction of sp³-hybridized carbons (Fsp3) is 0.419. The SMILES string of the molecule is CC(C)CC(NC(=O)C(Cc1ccc(O)cc1)NC(=O)C(N)Cc1c[nH]c2ccccc12)C(=O)NC(C(=O)O)C(C)C. The van der Waals surface area contributed by atoms with Crippen LogP contribution in [0.4, 0.5) is 0 Å². The molecule has 0 aliphatic rings. The predicted octanol–water partition coefficient (Wildman–Crippen LogP) is 2.23. The van der Waals surface area contributed by atoms with Gasteiger partial charge in [0.05, 0.1) is 6.04 Å². The average molecular weight is 580 g/mol. The van der Waals surface area contributed by atoms with Crippen LogP contribution in [0, 0.1) is 11.8 Å². The number of phenolic OH excluding ortho intramolecular Hbond substituents is 1. The van der Waals surface area contributed by atoms with Crippen molar-refractivity contribution < 1.29 is 29.4 Å². The molecule has 11 nitrogen and oxygen atoms in total. The van der Waals surface area contributed by atoms with Gasteiger partial charge in [-0.25, -0.2) is 4.79 Å². The maximum Gasteiger partial charge on any atom is 0.326 e. The summed E-state index contributed by atoms with van der Waals surface area (Å²) in [5, 5.41) is 28.1. The number of benzene rings is 2. The van der Waals surface area contributed by atoms with Crippen LogP contribution in [0.15, 0.2) is 54.7 Å². The summed E-state index contributed by atoms with van der Waals surface area (Å²) in [5.41, 5.74) is 8.72. The summed E-state index contributed by atoms with van der Waals surface area (Å²) >= 11 is 0. The molecule has 2 aromatic carbocycles. The van der Waals surface area contributed by atoms with E-state index >= 15 is 0 Å². The molecule has 1 heterocycles. The lowest BCUT2D eigenvalue weighted by Crippen LogP contribution is -2.58. The molecule has 1 aromatic heterocycles. The second-order valence-corrected chi connectivity index (χ2v) is 11.4. The van der Waals surface area contributed by atoms with Gasteiger partial charge in [0, 0.05) is 23.5 Å². The minimum atomic E-state index is -1.17. The maximum absolute atomic E-state index is 13.6. The number of aromatic hydroxyl groups is 1. The number of nitrogens with one attached hydrogen (secondary N) is 4. The molecule has 3 aromatic rings. The highest BCUT2D eigenvalue weighted by atomic mass is 16.4. The standard InChI is InChI=1S/C31H41N5O6/c1-17(2)13-25(30(40)36-27(18(3)4)31(41)42)35-29(39)26(14-19-9-11-21(37)12-10-19)34-28(38)23(32)15-20-16-33-24-8-6-5-7-22(20)24/h5-12,16-18,23,25-27,33,37H,13-15,32H2,1-4H3,(H,34,38)(H,35,39)(H,36,40)(H,41,42). The van der Waals surface area contributed by atoms with Crippen molar-refractivity contribution in [2.45, 2.75) is 71.1 Å². The Morgan fingerprint density at radius 2 is 1.45 bits per heavy atom. The number of aromatic amines is 1. The molecule has 0 bridgehead atoms. The molecule has 0 saturated heterocycles. The third-order valence-corrected chi connectivity index (χ3v) is 7.03. The minimum Gasteiger partial charge on any atom is -0.508 e. The summed E-state index contributed by atoms with van der Waals surface area (Å²) in [6.07, 6.45) is 2.35. The third-order valence-electron chi connectivity index (χ3n) is 7.03. The van der Waals surface area contributed by atoms with Crippen LogP contribution in [-0.4, -0.2) is 63.1 Å². The number of hydrogen-bond donors (Lipinski definition) is 7. The first-order valence-electron chi connectivity index (χ1n) is 14.1. The Bertz CT molecular complexity index is 1380. The zero-order valence-corrected chi connectivity index (χ0v) is 24.4. The number of H-pyrrole nitrogens is 1. The van der Waals surface area contributed by atoms with Crippen LogP contribution in [0.2, 0.25) is 0 Å². The molecule has 3 amide bonds. The second kappa shape index (κ2) is 14.5. The molecule has 4 unspecified atom stereocenters. The van der Waals surface area contributed by atoms with Crippen LogP contribution >= 0.6 is 0 Å². The molecule has 0 spiro atoms. The molecule has 4 atom stereocenters. The Morgan fingerprint density at radius 1 is 0.833 bits per heavy atom. The number of carboxylic acids is 1. The summed E-state index contributed by atoms with van der Waals surface area (Å²) in [7, 11) is 0. The summed E-state index contributed by atoms with van der Waals surface area (Å²) in [5.74, 6) is -3.28. The van der Waals surface area contributed by atoms with Gasteiger partial charge < -0.3 is 36.9 Å². The molecule has 11 heteroatoms. The first kappa shape index (κ1) is 32.1. The highest BCUT2D eigenvalue weighted by Gasteiger charge is 2.32. The van der Waals surface area contributed by atoms with Gasteiger partial charge in [0.15, 0.2) is 0 Å². The van der Waals surface area contributed by atoms with Gasteiger partial charge in [0.1, 0.15) is 23.9 Å². The molecule has 8 N–H and O–H groups in total. The van der Waals surface area contributed by atoms with Crippen molar-refractivity contribution in [3.8, 4) is 5.75 Å². The highest BCUT2D eigenvalue weighted by Crippen LogP contribution is 2.19. The number of carbonyl (C=O) groups is 4. The lowest BCUT2D eigenvalue weighted by Gasteiger charge is -2.27. The molecule has 42 heavy (non-hydrogen) atoms. The van der Waals surface area contributed by atoms with Gasteiger partial charge in [0.2, 0.25) is 17.7 Å². The quantitative estimate of drug-likeness (QED) is 0.152. The molecular weight excluding hydrogens is 538 g/mol. The fourth-order valence-electron chi connectivity index (χ4n) is 4.73. The Hall–Kier alpha value is -4.38. The Balaban J connectivity index is 1.80. The van der Waals surface area contributed by atoms with Crippen molar-refractivity contribution >= 4 is 34.6 Å². The van der Waals surface area contributed by atoms with Gasteiger partial charge in [-0.15, -0.1) is 0 Å². The Morgan fingerprint density at radius 3 is 2.07 bits per heavy atom. The topological polar surface area (TPSA) is 187 Å². The summed E-state index contributed by atoms with van der Waals surface area (Å²) in [6, 6.07) is 9.65. The summed E-state index contributed by atoms with van der Waals surface area (Å²) in [4.78, 5) is 54.8. The number of fused-ring (bicyclic) bond motifs is 1. The van der Waals surface area contributed by atoms with Gasteiger partial charge >= 0.3 is 5.97 Å². The van der Waals surface area contributed by atoms with E-state index in [1.165, 1.54) is 12.1 Å². The van der Waals surface area contributed by atoms with Crippen LogP contribution in [0.5, 0.6) is 5.75 Å². The number of hydrogen-bond acceptors (Lipinski definition) is 6. The highest BCUT2D eigenvalue weighted by molar-refractivity contribution is 5.94. The number of rotatable bonds is 14. The lowest BCUT2D eigenvalue weighted by molar-refractivity contribution is -0.143. The van der Waals surface area contributed by atoms with Crippen molar-refractivity contribution in [2.75, 3.05) is 0 Å². The lowest BCUT2D eigenvalue weighted by atomic mass is 9.99. The Kier molecular flexibility index (Phi) is 11.1. The van der Waals surface area contributed by atoms with Crippen molar-refractivity contribution in [3.05, 3.63) is 65.9 Å². The first-order chi connectivity index (χ1) is 19.8. The van der Waals surface area contributed by atoms with E-state index in [1.807, 2.05) is 38.1 Å². The van der Waals surface area contributed by atoms with E-state index in [-0.39, 0.29) is 36.8 Å². The first-order valence-corrected chi connectivity index (χ1v) is 14.1. The van der Waals surface area contributed by atoms with Crippen molar-refractivity contribution in [2.24, 2.45) is 17.6 Å². The number of carbonyl (C=O) groups excluding carboxylic acids is 3. The van der Waals surface area contributed by atoms with E-state index < -0.39 is 47.9 Å². The second-order valence-electron chi connectivity index (χ2n) is 11.4. The van der Waals surface area contributed by atoms with E-state index in [0.29, 0.717) is 5.56 Å². The molecule has 0 saturated carbocycles. The number of amides is 3. The van der Waals surface area contributed by atoms with Gasteiger partial charge in [-0.1, -0.05) is 58.0 Å². The van der Waals surface area contributed by atoms with Crippen molar-refractivity contribution in [1.29, 1.82) is 0 Å². The van der Waals surface area contributed by atoms with Crippen LogP contribution in [-0.2, 0) is 32.0 Å². The summed E-state index contributed by atoms with van der Waals surface area (Å²) < 4.78 is 0. The van der Waals surface area contributed by atoms with Crippen molar-refractivity contribution in [1.82, 2.24) is 20.9 Å². The largest absolute Gasteiger partial charge is 0.508 e. The monoisotopic (exact) mass is 579 g/mol. The zero-order valence-electron chi connectivity index (χ0n) is 24.4. The van der Waals surface area contributed by atoms with E-state index in [9.17, 15) is 29.4 Å². The number of carboxylic acid groups (broad SMARTS) is 1. The molecule has 0 aliphatic carbocycles. The van der Waals surface area contributed by atoms with Crippen LogP contribution in [0.1, 0.15) is 45.2 Å². The average Bonchev–Trinajstić information content (AvgIpc) is 3.33. The normalized spacial score (nSPS) is 14.3. The van der Waals surface area contributed by atoms with Crippen LogP contribution < -0.4 is 21.7 Å². The molecule has 0 aliphatic heterocycles. The van der Waals surface area contributed by atoms with Gasteiger partial charge in [-0.2, -0.15) is 0 Å². The van der Waals surface area contributed by atoms with Crippen molar-refractivity contribution in [3.63, 3.8) is 0 Å². The fourth-order valence-corrected chi connectivity index (χ4v) is 4.73. The maximum atomic E-state index is 13.6. The number of nitrogens with two attached hydrogens (primary N) is 1. The number of aromatic nitrogens is 1. The minimum absolute atomic E-state index is 0.00175. The van der Waals surface area contributed by atoms with Crippen LogP contribution in [0.25, 0.3) is 10.9 Å². The predicted molar refractivity (Wildman–Crippen MR) is 160 cm³/mol.